The second-order valence-electron chi connectivity index (χ2n) is 4.82. The SMILES string of the molecule is Cc1cccc(N(C)c2cc3[nH]c(=O)oc3cc2N)c1. The maximum Gasteiger partial charge on any atom is 0.417 e. The van der Waals surface area contributed by atoms with Crippen LogP contribution in [0.1, 0.15) is 5.56 Å². The van der Waals surface area contributed by atoms with Crippen LogP contribution in [0.25, 0.3) is 11.1 Å². The van der Waals surface area contributed by atoms with Crippen molar-refractivity contribution in [1.82, 2.24) is 4.98 Å². The van der Waals surface area contributed by atoms with Crippen LogP contribution in [-0.2, 0) is 0 Å². The Hall–Kier alpha value is -2.69. The molecule has 1 aromatic heterocycles. The summed E-state index contributed by atoms with van der Waals surface area (Å²) in [4.78, 5) is 15.8. The Balaban J connectivity index is 2.13. The quantitative estimate of drug-likeness (QED) is 0.701. The standard InChI is InChI=1S/C15H15N3O2/c1-9-4-3-5-10(6-9)18(2)13-8-12-14(7-11(13)16)20-15(19)17-12/h3-8H,16H2,1-2H3,(H,17,19). The molecule has 0 spiro atoms. The number of fused-ring (bicyclic) bond motifs is 1. The van der Waals surface area contributed by atoms with Crippen LogP contribution in [0.5, 0.6) is 0 Å². The highest BCUT2D eigenvalue weighted by molar-refractivity contribution is 5.87. The topological polar surface area (TPSA) is 75.3 Å². The zero-order valence-electron chi connectivity index (χ0n) is 11.3. The van der Waals surface area contributed by atoms with Gasteiger partial charge in [-0.3, -0.25) is 4.98 Å². The van der Waals surface area contributed by atoms with E-state index in [4.69, 9.17) is 10.2 Å². The second-order valence-corrected chi connectivity index (χ2v) is 4.82. The van der Waals surface area contributed by atoms with Crippen LogP contribution in [0, 0.1) is 6.92 Å². The first-order valence-electron chi connectivity index (χ1n) is 6.27. The van der Waals surface area contributed by atoms with E-state index in [1.807, 2.05) is 43.1 Å². The molecule has 0 unspecified atom stereocenters. The van der Waals surface area contributed by atoms with Crippen molar-refractivity contribution in [3.8, 4) is 0 Å². The lowest BCUT2D eigenvalue weighted by Crippen LogP contribution is -2.11. The molecule has 0 fully saturated rings. The van der Waals surface area contributed by atoms with E-state index >= 15 is 0 Å². The Labute approximate surface area is 115 Å². The molecule has 2 aromatic carbocycles. The molecule has 102 valence electrons. The maximum atomic E-state index is 11.2. The van der Waals surface area contributed by atoms with Gasteiger partial charge in [0, 0.05) is 18.8 Å². The fourth-order valence-corrected chi connectivity index (χ4v) is 2.27. The van der Waals surface area contributed by atoms with Crippen LogP contribution in [0.15, 0.2) is 45.6 Å². The van der Waals surface area contributed by atoms with Crippen molar-refractivity contribution in [2.75, 3.05) is 17.7 Å². The summed E-state index contributed by atoms with van der Waals surface area (Å²) in [6, 6.07) is 11.6. The Morgan fingerprint density at radius 1 is 1.25 bits per heavy atom. The summed E-state index contributed by atoms with van der Waals surface area (Å²) >= 11 is 0. The number of nitrogen functional groups attached to an aromatic ring is 1. The molecule has 3 N–H and O–H groups in total. The summed E-state index contributed by atoms with van der Waals surface area (Å²) < 4.78 is 5.00. The molecule has 1 heterocycles. The maximum absolute atomic E-state index is 11.2. The van der Waals surface area contributed by atoms with Gasteiger partial charge in [-0.05, 0) is 30.7 Å². The number of H-pyrrole nitrogens is 1. The first-order chi connectivity index (χ1) is 9.54. The summed E-state index contributed by atoms with van der Waals surface area (Å²) in [6.07, 6.45) is 0. The molecule has 5 heteroatoms. The lowest BCUT2D eigenvalue weighted by atomic mass is 10.1. The number of anilines is 3. The van der Waals surface area contributed by atoms with Gasteiger partial charge >= 0.3 is 5.76 Å². The molecule has 0 aliphatic rings. The van der Waals surface area contributed by atoms with E-state index < -0.39 is 5.76 Å². The lowest BCUT2D eigenvalue weighted by molar-refractivity contribution is 0.555. The number of nitrogens with two attached hydrogens (primary N) is 1. The first-order valence-corrected chi connectivity index (χ1v) is 6.27. The van der Waals surface area contributed by atoms with Crippen molar-refractivity contribution >= 4 is 28.2 Å². The third-order valence-electron chi connectivity index (χ3n) is 3.32. The van der Waals surface area contributed by atoms with Crippen LogP contribution < -0.4 is 16.4 Å². The predicted octanol–water partition coefficient (Wildman–Crippen LogP) is 2.78. The Kier molecular flexibility index (Phi) is 2.75. The van der Waals surface area contributed by atoms with Gasteiger partial charge < -0.3 is 15.1 Å². The van der Waals surface area contributed by atoms with Crippen molar-refractivity contribution in [1.29, 1.82) is 0 Å². The molecule has 0 aliphatic heterocycles. The molecule has 0 aliphatic carbocycles. The molecule has 0 bridgehead atoms. The van der Waals surface area contributed by atoms with Gasteiger partial charge in [0.25, 0.3) is 0 Å². The number of aromatic nitrogens is 1. The third kappa shape index (κ3) is 2.03. The van der Waals surface area contributed by atoms with Gasteiger partial charge in [0.05, 0.1) is 16.9 Å². The van der Waals surface area contributed by atoms with Gasteiger partial charge in [-0.15, -0.1) is 0 Å². The van der Waals surface area contributed by atoms with E-state index in [1.54, 1.807) is 6.07 Å². The van der Waals surface area contributed by atoms with E-state index in [9.17, 15) is 4.79 Å². The molecule has 3 aromatic rings. The average molecular weight is 269 g/mol. The molecular formula is C15H15N3O2. The third-order valence-corrected chi connectivity index (χ3v) is 3.32. The smallest absolute Gasteiger partial charge is 0.408 e. The highest BCUT2D eigenvalue weighted by atomic mass is 16.4. The minimum absolute atomic E-state index is 0.467. The first kappa shape index (κ1) is 12.3. The van der Waals surface area contributed by atoms with E-state index in [-0.39, 0.29) is 0 Å². The molecular weight excluding hydrogens is 254 g/mol. The molecule has 0 amide bonds. The van der Waals surface area contributed by atoms with E-state index in [1.165, 1.54) is 5.56 Å². The molecule has 20 heavy (non-hydrogen) atoms. The molecule has 3 rings (SSSR count). The van der Waals surface area contributed by atoms with E-state index in [0.717, 1.165) is 11.4 Å². The second kappa shape index (κ2) is 4.45. The number of rotatable bonds is 2. The summed E-state index contributed by atoms with van der Waals surface area (Å²) in [6.45, 7) is 2.04. The van der Waals surface area contributed by atoms with Gasteiger partial charge in [0.2, 0.25) is 0 Å². The summed E-state index contributed by atoms with van der Waals surface area (Å²) in [5.41, 5.74) is 10.7. The Morgan fingerprint density at radius 2 is 2.05 bits per heavy atom. The number of aryl methyl sites for hydroxylation is 1. The Morgan fingerprint density at radius 3 is 2.80 bits per heavy atom. The minimum atomic E-state index is -0.477. The normalized spacial score (nSPS) is 10.9. The Bertz CT molecular complexity index is 832. The van der Waals surface area contributed by atoms with Gasteiger partial charge in [-0.25, -0.2) is 4.79 Å². The van der Waals surface area contributed by atoms with Crippen LogP contribution in [-0.4, -0.2) is 12.0 Å². The van der Waals surface area contributed by atoms with Crippen LogP contribution in [0.2, 0.25) is 0 Å². The van der Waals surface area contributed by atoms with Crippen molar-refractivity contribution < 1.29 is 4.42 Å². The van der Waals surface area contributed by atoms with Crippen LogP contribution in [0.3, 0.4) is 0 Å². The monoisotopic (exact) mass is 269 g/mol. The molecule has 5 nitrogen and oxygen atoms in total. The van der Waals surface area contributed by atoms with Crippen molar-refractivity contribution in [3.05, 3.63) is 52.5 Å². The van der Waals surface area contributed by atoms with Crippen molar-refractivity contribution in [2.45, 2.75) is 6.92 Å². The highest BCUT2D eigenvalue weighted by Gasteiger charge is 2.11. The zero-order chi connectivity index (χ0) is 14.3. The number of hydrogen-bond acceptors (Lipinski definition) is 4. The number of benzene rings is 2. The van der Waals surface area contributed by atoms with Gasteiger partial charge in [-0.1, -0.05) is 12.1 Å². The predicted molar refractivity (Wildman–Crippen MR) is 80.5 cm³/mol. The number of aromatic amines is 1. The van der Waals surface area contributed by atoms with E-state index in [2.05, 4.69) is 11.1 Å². The summed E-state index contributed by atoms with van der Waals surface area (Å²) in [7, 11) is 1.94. The van der Waals surface area contributed by atoms with Crippen LogP contribution >= 0.6 is 0 Å². The van der Waals surface area contributed by atoms with Gasteiger partial charge in [0.1, 0.15) is 0 Å². The molecule has 0 saturated carbocycles. The fraction of sp³-hybridized carbons (Fsp3) is 0.133. The van der Waals surface area contributed by atoms with Gasteiger partial charge in [-0.2, -0.15) is 0 Å². The van der Waals surface area contributed by atoms with Crippen molar-refractivity contribution in [2.24, 2.45) is 0 Å². The number of nitrogens with one attached hydrogen (secondary N) is 1. The molecule has 0 saturated heterocycles. The molecule has 0 atom stereocenters. The summed E-state index contributed by atoms with van der Waals surface area (Å²) in [5.74, 6) is -0.477. The summed E-state index contributed by atoms with van der Waals surface area (Å²) in [5, 5.41) is 0. The number of hydrogen-bond donors (Lipinski definition) is 2. The minimum Gasteiger partial charge on any atom is -0.408 e. The van der Waals surface area contributed by atoms with Crippen LogP contribution in [0.4, 0.5) is 17.1 Å². The van der Waals surface area contributed by atoms with Crippen molar-refractivity contribution in [3.63, 3.8) is 0 Å². The number of nitrogens with zero attached hydrogens (tertiary/aromatic N) is 1. The largest absolute Gasteiger partial charge is 0.417 e. The zero-order valence-corrected chi connectivity index (χ0v) is 11.3. The average Bonchev–Trinajstić information content (AvgIpc) is 2.76. The van der Waals surface area contributed by atoms with E-state index in [0.29, 0.717) is 16.8 Å². The molecule has 0 radical (unpaired) electrons. The highest BCUT2D eigenvalue weighted by Crippen LogP contribution is 2.32. The van der Waals surface area contributed by atoms with Gasteiger partial charge in [0.15, 0.2) is 5.58 Å². The number of oxazole rings is 1. The fourth-order valence-electron chi connectivity index (χ4n) is 2.27. The lowest BCUT2D eigenvalue weighted by Gasteiger charge is -2.21.